The Morgan fingerprint density at radius 2 is 2.18 bits per heavy atom. The maximum atomic E-state index is 12.5. The lowest BCUT2D eigenvalue weighted by molar-refractivity contribution is -0.123. The van der Waals surface area contributed by atoms with Crippen molar-refractivity contribution in [3.05, 3.63) is 45.4 Å². The summed E-state index contributed by atoms with van der Waals surface area (Å²) < 4.78 is 0. The summed E-state index contributed by atoms with van der Waals surface area (Å²) >= 11 is 1.58. The maximum absolute atomic E-state index is 12.5. The molecule has 1 aromatic carbocycles. The minimum absolute atomic E-state index is 0.0255. The molecule has 1 N–H and O–H groups in total. The van der Waals surface area contributed by atoms with Gasteiger partial charge in [-0.3, -0.25) is 4.79 Å². The highest BCUT2D eigenvalue weighted by Gasteiger charge is 2.26. The highest BCUT2D eigenvalue weighted by molar-refractivity contribution is 7.11. The number of hydrogen-bond donors (Lipinski definition) is 1. The van der Waals surface area contributed by atoms with E-state index in [4.69, 9.17) is 0 Å². The third-order valence-electron chi connectivity index (χ3n) is 4.08. The van der Waals surface area contributed by atoms with Crippen LogP contribution in [0.2, 0.25) is 0 Å². The molecule has 22 heavy (non-hydrogen) atoms. The Bertz CT molecular complexity index is 665. The van der Waals surface area contributed by atoms with Gasteiger partial charge < -0.3 is 5.32 Å². The van der Waals surface area contributed by atoms with Gasteiger partial charge in [0.15, 0.2) is 0 Å². The second-order valence-corrected chi connectivity index (χ2v) is 7.14. The Kier molecular flexibility index (Phi) is 4.52. The Balaban J connectivity index is 1.65. The Hall–Kier alpha value is -1.75. The van der Waals surface area contributed by atoms with Gasteiger partial charge in [-0.1, -0.05) is 49.4 Å². The van der Waals surface area contributed by atoms with Crippen LogP contribution in [0.5, 0.6) is 0 Å². The van der Waals surface area contributed by atoms with Crippen molar-refractivity contribution in [1.82, 2.24) is 15.5 Å². The van der Waals surface area contributed by atoms with Crippen LogP contribution in [0.4, 0.5) is 0 Å². The molecule has 0 spiro atoms. The largest absolute Gasteiger partial charge is 0.349 e. The average Bonchev–Trinajstić information content (AvgIpc) is 3.01. The summed E-state index contributed by atoms with van der Waals surface area (Å²) in [6, 6.07) is 8.28. The molecule has 1 aliphatic carbocycles. The molecule has 0 fully saturated rings. The van der Waals surface area contributed by atoms with E-state index in [-0.39, 0.29) is 11.8 Å². The van der Waals surface area contributed by atoms with E-state index in [2.05, 4.69) is 41.5 Å². The first-order valence-electron chi connectivity index (χ1n) is 7.83. The van der Waals surface area contributed by atoms with Gasteiger partial charge in [-0.2, -0.15) is 0 Å². The van der Waals surface area contributed by atoms with Gasteiger partial charge in [0.1, 0.15) is 10.0 Å². The number of rotatable bonds is 4. The summed E-state index contributed by atoms with van der Waals surface area (Å²) in [6.45, 7) is 4.67. The first-order chi connectivity index (χ1) is 10.6. The smallest absolute Gasteiger partial charge is 0.227 e. The molecule has 3 rings (SSSR count). The fraction of sp³-hybridized carbons (Fsp3) is 0.471. The van der Waals surface area contributed by atoms with Crippen LogP contribution < -0.4 is 5.32 Å². The summed E-state index contributed by atoms with van der Waals surface area (Å²) in [6.07, 6.45) is 3.08. The number of carbonyl (C=O) groups excluding carboxylic acids is 1. The van der Waals surface area contributed by atoms with Gasteiger partial charge in [0.25, 0.3) is 0 Å². The molecule has 0 aliphatic heterocycles. The molecule has 1 aliphatic rings. The van der Waals surface area contributed by atoms with Crippen molar-refractivity contribution in [2.45, 2.75) is 51.5 Å². The quantitative estimate of drug-likeness (QED) is 0.941. The molecule has 2 aromatic rings. The van der Waals surface area contributed by atoms with Gasteiger partial charge in [-0.05, 0) is 30.4 Å². The van der Waals surface area contributed by atoms with E-state index in [1.807, 2.05) is 12.1 Å². The second-order valence-electron chi connectivity index (χ2n) is 6.05. The number of nitrogens with zero attached hydrogens (tertiary/aromatic N) is 2. The van der Waals surface area contributed by atoms with E-state index >= 15 is 0 Å². The number of aromatic nitrogens is 2. The summed E-state index contributed by atoms with van der Waals surface area (Å²) in [7, 11) is 0. The van der Waals surface area contributed by atoms with Crippen molar-refractivity contribution in [3.63, 3.8) is 0 Å². The topological polar surface area (TPSA) is 54.9 Å². The van der Waals surface area contributed by atoms with Crippen LogP contribution in [-0.4, -0.2) is 16.1 Å². The Labute approximate surface area is 135 Å². The van der Waals surface area contributed by atoms with Crippen LogP contribution in [0.3, 0.4) is 0 Å². The summed E-state index contributed by atoms with van der Waals surface area (Å²) in [5, 5.41) is 13.2. The second kappa shape index (κ2) is 6.57. The highest BCUT2D eigenvalue weighted by atomic mass is 32.1. The molecule has 0 saturated heterocycles. The fourth-order valence-corrected chi connectivity index (χ4v) is 3.67. The number of aryl methyl sites for hydroxylation is 1. The van der Waals surface area contributed by atoms with E-state index in [1.165, 1.54) is 11.1 Å². The summed E-state index contributed by atoms with van der Waals surface area (Å²) in [5.41, 5.74) is 2.50. The van der Waals surface area contributed by atoms with Crippen LogP contribution in [0.25, 0.3) is 0 Å². The fourth-order valence-electron chi connectivity index (χ4n) is 2.88. The van der Waals surface area contributed by atoms with Gasteiger partial charge in [-0.25, -0.2) is 0 Å². The average molecular weight is 315 g/mol. The predicted octanol–water partition coefficient (Wildman–Crippen LogP) is 3.40. The number of hydrogen-bond acceptors (Lipinski definition) is 4. The van der Waals surface area contributed by atoms with Crippen LogP contribution in [-0.2, 0) is 17.8 Å². The van der Waals surface area contributed by atoms with E-state index in [1.54, 1.807) is 11.3 Å². The lowest BCUT2D eigenvalue weighted by Crippen LogP contribution is -2.31. The lowest BCUT2D eigenvalue weighted by atomic mass is 9.82. The van der Waals surface area contributed by atoms with Crippen molar-refractivity contribution in [1.29, 1.82) is 0 Å². The Morgan fingerprint density at radius 3 is 2.95 bits per heavy atom. The van der Waals surface area contributed by atoms with Crippen molar-refractivity contribution < 1.29 is 4.79 Å². The van der Waals surface area contributed by atoms with E-state index in [0.717, 1.165) is 29.3 Å². The molecule has 5 heteroatoms. The molecule has 4 nitrogen and oxygen atoms in total. The Morgan fingerprint density at radius 1 is 1.36 bits per heavy atom. The molecule has 0 saturated carbocycles. The number of nitrogens with one attached hydrogen (secondary N) is 1. The zero-order valence-corrected chi connectivity index (χ0v) is 13.8. The number of amides is 1. The third kappa shape index (κ3) is 3.19. The van der Waals surface area contributed by atoms with Crippen molar-refractivity contribution in [3.8, 4) is 0 Å². The molecule has 0 radical (unpaired) electrons. The van der Waals surface area contributed by atoms with Gasteiger partial charge in [0.2, 0.25) is 5.91 Å². The van der Waals surface area contributed by atoms with Crippen LogP contribution in [0.1, 0.15) is 59.7 Å². The molecule has 1 amide bonds. The first-order valence-corrected chi connectivity index (χ1v) is 8.64. The molecular formula is C17H21N3OS. The van der Waals surface area contributed by atoms with Gasteiger partial charge >= 0.3 is 0 Å². The monoisotopic (exact) mass is 315 g/mol. The minimum atomic E-state index is -0.0255. The van der Waals surface area contributed by atoms with Gasteiger partial charge in [0.05, 0.1) is 12.5 Å². The maximum Gasteiger partial charge on any atom is 0.227 e. The standard InChI is InChI=1S/C17H21N3OS/c1-11(2)17-20-19-15(22-17)10-18-16(21)14-9-5-7-12-6-3-4-8-13(12)14/h3-4,6,8,11,14H,5,7,9-10H2,1-2H3,(H,18,21). The normalized spacial score (nSPS) is 17.3. The molecule has 116 valence electrons. The van der Waals surface area contributed by atoms with Crippen molar-refractivity contribution >= 4 is 17.2 Å². The molecule has 1 atom stereocenters. The molecular weight excluding hydrogens is 294 g/mol. The van der Waals surface area contributed by atoms with Gasteiger partial charge in [-0.15, -0.1) is 10.2 Å². The molecule has 1 aromatic heterocycles. The SMILES string of the molecule is CC(C)c1nnc(CNC(=O)C2CCCc3ccccc32)s1. The van der Waals surface area contributed by atoms with Crippen LogP contribution >= 0.6 is 11.3 Å². The lowest BCUT2D eigenvalue weighted by Gasteiger charge is -2.24. The number of fused-ring (bicyclic) bond motifs is 1. The highest BCUT2D eigenvalue weighted by Crippen LogP contribution is 2.31. The summed E-state index contributed by atoms with van der Waals surface area (Å²) in [4.78, 5) is 12.5. The molecule has 1 heterocycles. The molecule has 1 unspecified atom stereocenters. The number of carbonyl (C=O) groups is 1. The minimum Gasteiger partial charge on any atom is -0.349 e. The van der Waals surface area contributed by atoms with E-state index in [0.29, 0.717) is 12.5 Å². The zero-order chi connectivity index (χ0) is 15.5. The molecule has 0 bridgehead atoms. The van der Waals surface area contributed by atoms with Crippen molar-refractivity contribution in [2.24, 2.45) is 0 Å². The zero-order valence-electron chi connectivity index (χ0n) is 13.0. The van der Waals surface area contributed by atoms with Gasteiger partial charge in [0, 0.05) is 5.92 Å². The van der Waals surface area contributed by atoms with Crippen LogP contribution in [0, 0.1) is 0 Å². The van der Waals surface area contributed by atoms with Crippen molar-refractivity contribution in [2.75, 3.05) is 0 Å². The first kappa shape index (κ1) is 15.2. The van der Waals surface area contributed by atoms with E-state index < -0.39 is 0 Å². The predicted molar refractivity (Wildman–Crippen MR) is 88.0 cm³/mol. The summed E-state index contributed by atoms with van der Waals surface area (Å²) in [5.74, 6) is 0.461. The van der Waals surface area contributed by atoms with E-state index in [9.17, 15) is 4.79 Å². The van der Waals surface area contributed by atoms with Crippen LogP contribution in [0.15, 0.2) is 24.3 Å². The number of benzene rings is 1. The third-order valence-corrected chi connectivity index (χ3v) is 5.30.